The van der Waals surface area contributed by atoms with Gasteiger partial charge < -0.3 is 5.73 Å². The zero-order valence-electron chi connectivity index (χ0n) is 9.04. The Hall–Kier alpha value is -0.960. The summed E-state index contributed by atoms with van der Waals surface area (Å²) in [6, 6.07) is 3.68. The Morgan fingerprint density at radius 2 is 2.33 bits per heavy atom. The number of hydrogen-bond acceptors (Lipinski definition) is 2. The van der Waals surface area contributed by atoms with Crippen molar-refractivity contribution in [2.75, 3.05) is 0 Å². The van der Waals surface area contributed by atoms with Gasteiger partial charge in [-0.2, -0.15) is 0 Å². The molecule has 0 saturated heterocycles. The second-order valence-corrected chi connectivity index (χ2v) is 4.51. The lowest BCUT2D eigenvalue weighted by molar-refractivity contribution is 0.0943. The number of alkyl halides is 1. The lowest BCUT2D eigenvalue weighted by Gasteiger charge is -2.33. The average Bonchev–Trinajstić information content (AvgIpc) is 2.18. The summed E-state index contributed by atoms with van der Waals surface area (Å²) in [5.74, 6) is 0. The van der Waals surface area contributed by atoms with E-state index in [1.807, 2.05) is 19.1 Å². The number of aryl methyl sites for hydroxylation is 1. The molecule has 1 heterocycles. The molecule has 1 fully saturated rings. The molecule has 2 atom stereocenters. The van der Waals surface area contributed by atoms with Crippen LogP contribution in [0.4, 0.5) is 4.39 Å². The van der Waals surface area contributed by atoms with Crippen molar-refractivity contribution in [3.8, 4) is 0 Å². The Bertz CT molecular complexity index is 336. The molecule has 82 valence electrons. The van der Waals surface area contributed by atoms with Crippen LogP contribution in [0.2, 0.25) is 0 Å². The van der Waals surface area contributed by atoms with Gasteiger partial charge in [0.05, 0.1) is 0 Å². The van der Waals surface area contributed by atoms with E-state index in [4.69, 9.17) is 5.73 Å². The number of rotatable bonds is 1. The van der Waals surface area contributed by atoms with Crippen LogP contribution in [0.3, 0.4) is 0 Å². The maximum absolute atomic E-state index is 14.6. The lowest BCUT2D eigenvalue weighted by atomic mass is 9.79. The van der Waals surface area contributed by atoms with Crippen molar-refractivity contribution in [3.05, 3.63) is 29.6 Å². The van der Waals surface area contributed by atoms with Gasteiger partial charge in [-0.1, -0.05) is 6.07 Å². The SMILES string of the molecule is Cc1ccc(C2(F)CCCC(N)C2)cn1. The molecule has 0 radical (unpaired) electrons. The first-order valence-electron chi connectivity index (χ1n) is 5.48. The van der Waals surface area contributed by atoms with Crippen LogP contribution < -0.4 is 5.73 Å². The molecule has 1 aliphatic carbocycles. The van der Waals surface area contributed by atoms with Crippen molar-refractivity contribution in [3.63, 3.8) is 0 Å². The monoisotopic (exact) mass is 208 g/mol. The third kappa shape index (κ3) is 2.17. The minimum absolute atomic E-state index is 0.00921. The summed E-state index contributed by atoms with van der Waals surface area (Å²) >= 11 is 0. The van der Waals surface area contributed by atoms with Gasteiger partial charge in [0.15, 0.2) is 0 Å². The van der Waals surface area contributed by atoms with Crippen LogP contribution in [0.1, 0.15) is 36.9 Å². The van der Waals surface area contributed by atoms with Crippen molar-refractivity contribution >= 4 is 0 Å². The van der Waals surface area contributed by atoms with Gasteiger partial charge in [0.25, 0.3) is 0 Å². The number of nitrogens with two attached hydrogens (primary N) is 1. The normalized spacial score (nSPS) is 31.5. The van der Waals surface area contributed by atoms with Crippen molar-refractivity contribution < 1.29 is 4.39 Å². The second-order valence-electron chi connectivity index (χ2n) is 4.51. The van der Waals surface area contributed by atoms with Gasteiger partial charge in [0.1, 0.15) is 5.67 Å². The van der Waals surface area contributed by atoms with Crippen LogP contribution in [0, 0.1) is 6.92 Å². The first-order chi connectivity index (χ1) is 7.10. The van der Waals surface area contributed by atoms with E-state index in [2.05, 4.69) is 4.98 Å². The Morgan fingerprint density at radius 3 is 2.93 bits per heavy atom. The van der Waals surface area contributed by atoms with E-state index in [1.165, 1.54) is 0 Å². The molecule has 0 spiro atoms. The van der Waals surface area contributed by atoms with Gasteiger partial charge in [-0.3, -0.25) is 4.98 Å². The highest BCUT2D eigenvalue weighted by Crippen LogP contribution is 2.39. The highest BCUT2D eigenvalue weighted by atomic mass is 19.1. The maximum atomic E-state index is 14.6. The van der Waals surface area contributed by atoms with Gasteiger partial charge in [0.2, 0.25) is 0 Å². The first kappa shape index (κ1) is 10.6. The van der Waals surface area contributed by atoms with E-state index >= 15 is 0 Å². The predicted molar refractivity (Wildman–Crippen MR) is 58.2 cm³/mol. The minimum atomic E-state index is -1.25. The highest BCUT2D eigenvalue weighted by Gasteiger charge is 2.36. The standard InChI is InChI=1S/C12H17FN2/c1-9-4-5-10(8-15-9)12(13)6-2-3-11(14)7-12/h4-5,8,11H,2-3,6-7,14H2,1H3. The van der Waals surface area contributed by atoms with Crippen molar-refractivity contribution in [1.82, 2.24) is 4.98 Å². The van der Waals surface area contributed by atoms with Gasteiger partial charge in [-0.15, -0.1) is 0 Å². The number of aromatic nitrogens is 1. The molecule has 1 saturated carbocycles. The van der Waals surface area contributed by atoms with Crippen molar-refractivity contribution in [1.29, 1.82) is 0 Å². The molecule has 3 heteroatoms. The Balaban J connectivity index is 2.24. The van der Waals surface area contributed by atoms with Crippen LogP contribution >= 0.6 is 0 Å². The fourth-order valence-electron chi connectivity index (χ4n) is 2.26. The third-order valence-electron chi connectivity index (χ3n) is 3.16. The van der Waals surface area contributed by atoms with E-state index in [1.54, 1.807) is 6.20 Å². The van der Waals surface area contributed by atoms with Crippen LogP contribution in [-0.2, 0) is 5.67 Å². The summed E-state index contributed by atoms with van der Waals surface area (Å²) in [6.45, 7) is 1.90. The van der Waals surface area contributed by atoms with E-state index < -0.39 is 5.67 Å². The average molecular weight is 208 g/mol. The summed E-state index contributed by atoms with van der Waals surface area (Å²) in [6.07, 6.45) is 4.45. The van der Waals surface area contributed by atoms with E-state index in [-0.39, 0.29) is 6.04 Å². The van der Waals surface area contributed by atoms with Crippen LogP contribution in [0.5, 0.6) is 0 Å². The molecule has 2 unspecified atom stereocenters. The number of halogens is 1. The van der Waals surface area contributed by atoms with Gasteiger partial charge >= 0.3 is 0 Å². The van der Waals surface area contributed by atoms with Gasteiger partial charge in [-0.05, 0) is 32.3 Å². The molecule has 1 aromatic heterocycles. The maximum Gasteiger partial charge on any atom is 0.139 e. The molecule has 1 aliphatic rings. The molecule has 0 aromatic carbocycles. The molecule has 2 rings (SSSR count). The Labute approximate surface area is 89.7 Å². The predicted octanol–water partition coefficient (Wildman–Crippen LogP) is 2.46. The molecule has 2 N–H and O–H groups in total. The molecule has 0 bridgehead atoms. The molecule has 0 aliphatic heterocycles. The minimum Gasteiger partial charge on any atom is -0.328 e. The summed E-state index contributed by atoms with van der Waals surface area (Å²) in [5, 5.41) is 0. The summed E-state index contributed by atoms with van der Waals surface area (Å²) < 4.78 is 14.6. The molecular formula is C12H17FN2. The molecule has 15 heavy (non-hydrogen) atoms. The van der Waals surface area contributed by atoms with E-state index in [0.717, 1.165) is 18.5 Å². The molecule has 1 aromatic rings. The van der Waals surface area contributed by atoms with Crippen molar-refractivity contribution in [2.45, 2.75) is 44.3 Å². The summed E-state index contributed by atoms with van der Waals surface area (Å²) in [5.41, 5.74) is 6.17. The number of nitrogens with zero attached hydrogens (tertiary/aromatic N) is 1. The molecule has 0 amide bonds. The highest BCUT2D eigenvalue weighted by molar-refractivity contribution is 5.21. The smallest absolute Gasteiger partial charge is 0.139 e. The largest absolute Gasteiger partial charge is 0.328 e. The number of hydrogen-bond donors (Lipinski definition) is 1. The molecular weight excluding hydrogens is 191 g/mol. The van der Waals surface area contributed by atoms with E-state index in [9.17, 15) is 4.39 Å². The second kappa shape index (κ2) is 3.89. The van der Waals surface area contributed by atoms with Gasteiger partial charge in [0, 0.05) is 29.9 Å². The topological polar surface area (TPSA) is 38.9 Å². The number of pyridine rings is 1. The first-order valence-corrected chi connectivity index (χ1v) is 5.48. The van der Waals surface area contributed by atoms with Crippen molar-refractivity contribution in [2.24, 2.45) is 5.73 Å². The Kier molecular flexibility index (Phi) is 2.74. The fourth-order valence-corrected chi connectivity index (χ4v) is 2.26. The summed E-state index contributed by atoms with van der Waals surface area (Å²) in [7, 11) is 0. The molecule has 2 nitrogen and oxygen atoms in total. The summed E-state index contributed by atoms with van der Waals surface area (Å²) in [4.78, 5) is 4.14. The van der Waals surface area contributed by atoms with Gasteiger partial charge in [-0.25, -0.2) is 4.39 Å². The third-order valence-corrected chi connectivity index (χ3v) is 3.16. The zero-order chi connectivity index (χ0) is 10.9. The quantitative estimate of drug-likeness (QED) is 0.770. The lowest BCUT2D eigenvalue weighted by Crippen LogP contribution is -2.36. The Morgan fingerprint density at radius 1 is 1.53 bits per heavy atom. The van der Waals surface area contributed by atoms with E-state index in [0.29, 0.717) is 18.4 Å². The van der Waals surface area contributed by atoms with Crippen LogP contribution in [0.25, 0.3) is 0 Å². The van der Waals surface area contributed by atoms with Crippen LogP contribution in [-0.4, -0.2) is 11.0 Å². The fraction of sp³-hybridized carbons (Fsp3) is 0.583. The van der Waals surface area contributed by atoms with Crippen LogP contribution in [0.15, 0.2) is 18.3 Å². The zero-order valence-corrected chi connectivity index (χ0v) is 9.04.